The van der Waals surface area contributed by atoms with Crippen LogP contribution in [0.25, 0.3) is 0 Å². The Morgan fingerprint density at radius 1 is 1.32 bits per heavy atom. The molecule has 0 fully saturated rings. The maximum absolute atomic E-state index is 12.0. The van der Waals surface area contributed by atoms with Crippen LogP contribution in [-0.2, 0) is 0 Å². The molecule has 2 heterocycles. The molecule has 1 N–H and O–H groups in total. The number of carbonyl (C=O) groups is 1. The van der Waals surface area contributed by atoms with Gasteiger partial charge in [0.05, 0.1) is 6.04 Å². The highest BCUT2D eigenvalue weighted by molar-refractivity contribution is 7.13. The molecule has 0 aromatic carbocycles. The Morgan fingerprint density at radius 2 is 2.05 bits per heavy atom. The predicted octanol–water partition coefficient (Wildman–Crippen LogP) is 1.84. The quantitative estimate of drug-likeness (QED) is 0.919. The van der Waals surface area contributed by atoms with Gasteiger partial charge in [0.2, 0.25) is 10.9 Å². The van der Waals surface area contributed by atoms with Crippen LogP contribution in [0.1, 0.15) is 59.3 Å². The van der Waals surface area contributed by atoms with Gasteiger partial charge in [-0.25, -0.2) is 0 Å². The third-order valence-corrected chi connectivity index (χ3v) is 3.63. The monoisotopic (exact) mass is 281 g/mol. The topological polar surface area (TPSA) is 93.8 Å². The zero-order valence-electron chi connectivity index (χ0n) is 11.2. The predicted molar refractivity (Wildman–Crippen MR) is 68.9 cm³/mol. The maximum Gasteiger partial charge on any atom is 0.282 e. The van der Waals surface area contributed by atoms with E-state index in [4.69, 9.17) is 4.52 Å². The molecule has 0 spiro atoms. The van der Waals surface area contributed by atoms with Gasteiger partial charge in [-0.15, -0.1) is 10.2 Å². The second-order valence-corrected chi connectivity index (χ2v) is 5.48. The number of hydrogen-bond acceptors (Lipinski definition) is 7. The van der Waals surface area contributed by atoms with Crippen LogP contribution in [0, 0.1) is 6.92 Å². The molecule has 0 bridgehead atoms. The summed E-state index contributed by atoms with van der Waals surface area (Å²) in [5.74, 6) is 0.893. The average Bonchev–Trinajstić information content (AvgIpc) is 2.96. The number of carbonyl (C=O) groups excluding carboxylic acids is 1. The molecule has 2 rings (SSSR count). The molecule has 0 aliphatic carbocycles. The van der Waals surface area contributed by atoms with E-state index in [0.29, 0.717) is 16.7 Å². The Kier molecular flexibility index (Phi) is 3.89. The minimum Gasteiger partial charge on any atom is -0.340 e. The van der Waals surface area contributed by atoms with Crippen LogP contribution in [0.15, 0.2) is 4.52 Å². The Bertz CT molecular complexity index is 577. The lowest BCUT2D eigenvalue weighted by Crippen LogP contribution is -2.27. The Labute approximate surface area is 114 Å². The first kappa shape index (κ1) is 13.6. The van der Waals surface area contributed by atoms with E-state index in [2.05, 4.69) is 25.7 Å². The number of nitrogens with zero attached hydrogens (tertiary/aromatic N) is 4. The molecule has 1 unspecified atom stereocenters. The molecule has 0 radical (unpaired) electrons. The minimum atomic E-state index is -0.337. The number of aromatic nitrogens is 4. The summed E-state index contributed by atoms with van der Waals surface area (Å²) in [6, 6.07) is -0.337. The van der Waals surface area contributed by atoms with E-state index in [1.807, 2.05) is 13.8 Å². The summed E-state index contributed by atoms with van der Waals surface area (Å²) in [4.78, 5) is 16.0. The summed E-state index contributed by atoms with van der Waals surface area (Å²) < 4.78 is 4.87. The van der Waals surface area contributed by atoms with Gasteiger partial charge in [-0.2, -0.15) is 4.98 Å². The molecule has 8 heteroatoms. The SMILES string of the molecule is Cc1nc(C(C)NC(=O)c2nnc(C(C)C)s2)no1. The second kappa shape index (κ2) is 5.43. The first-order chi connectivity index (χ1) is 8.97. The first-order valence-corrected chi connectivity index (χ1v) is 6.73. The van der Waals surface area contributed by atoms with Crippen molar-refractivity contribution < 1.29 is 9.32 Å². The number of hydrogen-bond donors (Lipinski definition) is 1. The van der Waals surface area contributed by atoms with Crippen molar-refractivity contribution in [2.24, 2.45) is 0 Å². The molecule has 0 saturated carbocycles. The summed E-state index contributed by atoms with van der Waals surface area (Å²) >= 11 is 1.29. The zero-order chi connectivity index (χ0) is 14.0. The molecule has 1 amide bonds. The van der Waals surface area contributed by atoms with Gasteiger partial charge in [-0.3, -0.25) is 4.79 Å². The van der Waals surface area contributed by atoms with Crippen LogP contribution in [-0.4, -0.2) is 26.2 Å². The highest BCUT2D eigenvalue weighted by Crippen LogP contribution is 2.19. The number of rotatable bonds is 4. The number of amides is 1. The van der Waals surface area contributed by atoms with Crippen LogP contribution in [0.2, 0.25) is 0 Å². The fourth-order valence-electron chi connectivity index (χ4n) is 1.37. The van der Waals surface area contributed by atoms with E-state index in [0.717, 1.165) is 5.01 Å². The van der Waals surface area contributed by atoms with Crippen molar-refractivity contribution in [3.8, 4) is 0 Å². The molecule has 1 atom stereocenters. The van der Waals surface area contributed by atoms with Crippen LogP contribution >= 0.6 is 11.3 Å². The highest BCUT2D eigenvalue weighted by atomic mass is 32.1. The Balaban J connectivity index is 2.04. The molecule has 2 aromatic rings. The summed E-state index contributed by atoms with van der Waals surface area (Å²) in [5, 5.41) is 15.6. The molecule has 0 saturated heterocycles. The summed E-state index contributed by atoms with van der Waals surface area (Å²) in [6.07, 6.45) is 0. The largest absolute Gasteiger partial charge is 0.340 e. The van der Waals surface area contributed by atoms with E-state index in [1.54, 1.807) is 13.8 Å². The molecule has 19 heavy (non-hydrogen) atoms. The van der Waals surface area contributed by atoms with Crippen molar-refractivity contribution in [3.05, 3.63) is 21.7 Å². The normalized spacial score (nSPS) is 12.7. The molecular formula is C11H15N5O2S. The van der Waals surface area contributed by atoms with Crippen LogP contribution in [0.4, 0.5) is 0 Å². The fourth-order valence-corrected chi connectivity index (χ4v) is 2.12. The molecule has 102 valence electrons. The third-order valence-electron chi connectivity index (χ3n) is 2.41. The van der Waals surface area contributed by atoms with E-state index < -0.39 is 0 Å². The van der Waals surface area contributed by atoms with Crippen molar-refractivity contribution in [1.29, 1.82) is 0 Å². The van der Waals surface area contributed by atoms with E-state index in [1.165, 1.54) is 11.3 Å². The van der Waals surface area contributed by atoms with Gasteiger partial charge in [0.1, 0.15) is 5.01 Å². The Morgan fingerprint density at radius 3 is 2.58 bits per heavy atom. The van der Waals surface area contributed by atoms with Crippen molar-refractivity contribution in [3.63, 3.8) is 0 Å². The van der Waals surface area contributed by atoms with E-state index in [9.17, 15) is 4.79 Å². The molecule has 7 nitrogen and oxygen atoms in total. The third kappa shape index (κ3) is 3.14. The van der Waals surface area contributed by atoms with Gasteiger partial charge in [0.15, 0.2) is 5.82 Å². The van der Waals surface area contributed by atoms with Crippen LogP contribution < -0.4 is 5.32 Å². The van der Waals surface area contributed by atoms with Crippen molar-refractivity contribution in [2.45, 2.75) is 39.7 Å². The maximum atomic E-state index is 12.0. The average molecular weight is 281 g/mol. The minimum absolute atomic E-state index is 0.260. The van der Waals surface area contributed by atoms with E-state index >= 15 is 0 Å². The molecule has 0 aliphatic heterocycles. The number of nitrogens with one attached hydrogen (secondary N) is 1. The molecule has 0 aliphatic rings. The van der Waals surface area contributed by atoms with Crippen molar-refractivity contribution in [2.75, 3.05) is 0 Å². The second-order valence-electron chi connectivity index (χ2n) is 4.47. The van der Waals surface area contributed by atoms with Crippen molar-refractivity contribution >= 4 is 17.2 Å². The van der Waals surface area contributed by atoms with Gasteiger partial charge in [-0.05, 0) is 6.92 Å². The van der Waals surface area contributed by atoms with Gasteiger partial charge >= 0.3 is 0 Å². The van der Waals surface area contributed by atoms with Crippen LogP contribution in [0.5, 0.6) is 0 Å². The van der Waals surface area contributed by atoms with Gasteiger partial charge in [0.25, 0.3) is 5.91 Å². The standard InChI is InChI=1S/C11H15N5O2S/c1-5(2)10-14-15-11(19-10)9(17)12-6(3)8-13-7(4)18-16-8/h5-6H,1-4H3,(H,12,17). The van der Waals surface area contributed by atoms with Gasteiger partial charge in [-0.1, -0.05) is 30.3 Å². The summed E-state index contributed by atoms with van der Waals surface area (Å²) in [6.45, 7) is 7.50. The van der Waals surface area contributed by atoms with Gasteiger partial charge < -0.3 is 9.84 Å². The molecule has 2 aromatic heterocycles. The Hall–Kier alpha value is -1.83. The van der Waals surface area contributed by atoms with Gasteiger partial charge in [0, 0.05) is 12.8 Å². The van der Waals surface area contributed by atoms with Crippen molar-refractivity contribution in [1.82, 2.24) is 25.7 Å². The van der Waals surface area contributed by atoms with E-state index in [-0.39, 0.29) is 17.9 Å². The van der Waals surface area contributed by atoms with Crippen LogP contribution in [0.3, 0.4) is 0 Å². The highest BCUT2D eigenvalue weighted by Gasteiger charge is 2.19. The lowest BCUT2D eigenvalue weighted by Gasteiger charge is -2.07. The number of aryl methyl sites for hydroxylation is 1. The lowest BCUT2D eigenvalue weighted by atomic mass is 10.2. The smallest absolute Gasteiger partial charge is 0.282 e. The first-order valence-electron chi connectivity index (χ1n) is 5.92. The summed E-state index contributed by atoms with van der Waals surface area (Å²) in [7, 11) is 0. The molecular weight excluding hydrogens is 266 g/mol. The lowest BCUT2D eigenvalue weighted by molar-refractivity contribution is 0.0936. The zero-order valence-corrected chi connectivity index (χ0v) is 12.0. The fraction of sp³-hybridized carbons (Fsp3) is 0.545. The summed E-state index contributed by atoms with van der Waals surface area (Å²) in [5.41, 5.74) is 0.